The standard InChI is InChI=1S/C22H28BrF/c1-2-3-4-5-6-7-8-19-10-14-20(22(24)17-19)13-9-18-11-15-21(23)16-12-18/h10-12,14-17H,2-9,13H2,1H3. The Labute approximate surface area is 154 Å². The van der Waals surface area contributed by atoms with Gasteiger partial charge in [0.1, 0.15) is 5.82 Å². The molecule has 2 heteroatoms. The van der Waals surface area contributed by atoms with Crippen molar-refractivity contribution in [1.29, 1.82) is 0 Å². The number of hydrogen-bond acceptors (Lipinski definition) is 0. The van der Waals surface area contributed by atoms with E-state index in [1.807, 2.05) is 18.2 Å². The largest absolute Gasteiger partial charge is 0.207 e. The van der Waals surface area contributed by atoms with Crippen molar-refractivity contribution in [2.75, 3.05) is 0 Å². The third-order valence-electron chi connectivity index (χ3n) is 4.53. The van der Waals surface area contributed by atoms with Gasteiger partial charge in [-0.15, -0.1) is 0 Å². The maximum absolute atomic E-state index is 14.3. The van der Waals surface area contributed by atoms with Crippen LogP contribution in [0.15, 0.2) is 46.9 Å². The first-order valence-corrected chi connectivity index (χ1v) is 10.00. The highest BCUT2D eigenvalue weighted by Gasteiger charge is 2.05. The first kappa shape index (κ1) is 19.2. The van der Waals surface area contributed by atoms with Crippen LogP contribution in [0.4, 0.5) is 4.39 Å². The molecule has 0 atom stereocenters. The van der Waals surface area contributed by atoms with Crippen molar-refractivity contribution in [2.24, 2.45) is 0 Å². The second-order valence-corrected chi connectivity index (χ2v) is 7.49. The summed E-state index contributed by atoms with van der Waals surface area (Å²) in [6.45, 7) is 2.24. The molecule has 0 aliphatic rings. The van der Waals surface area contributed by atoms with Gasteiger partial charge in [0.15, 0.2) is 0 Å². The van der Waals surface area contributed by atoms with Crippen molar-refractivity contribution in [3.8, 4) is 0 Å². The van der Waals surface area contributed by atoms with Crippen molar-refractivity contribution in [2.45, 2.75) is 64.7 Å². The van der Waals surface area contributed by atoms with Crippen LogP contribution in [0, 0.1) is 5.82 Å². The molecular weight excluding hydrogens is 363 g/mol. The minimum absolute atomic E-state index is 0.0457. The van der Waals surface area contributed by atoms with Crippen molar-refractivity contribution in [1.82, 2.24) is 0 Å². The lowest BCUT2D eigenvalue weighted by Gasteiger charge is -2.07. The van der Waals surface area contributed by atoms with Crippen LogP contribution in [0.1, 0.15) is 62.1 Å². The van der Waals surface area contributed by atoms with E-state index in [0.29, 0.717) is 0 Å². The normalized spacial score (nSPS) is 11.0. The van der Waals surface area contributed by atoms with Crippen LogP contribution in [0.5, 0.6) is 0 Å². The van der Waals surface area contributed by atoms with Gasteiger partial charge in [-0.05, 0) is 60.6 Å². The Morgan fingerprint density at radius 1 is 0.750 bits per heavy atom. The average molecular weight is 391 g/mol. The van der Waals surface area contributed by atoms with Crippen molar-refractivity contribution >= 4 is 15.9 Å². The number of aryl methyl sites for hydroxylation is 3. The highest BCUT2D eigenvalue weighted by atomic mass is 79.9. The van der Waals surface area contributed by atoms with E-state index in [9.17, 15) is 4.39 Å². The van der Waals surface area contributed by atoms with E-state index < -0.39 is 0 Å². The number of halogens is 2. The molecule has 0 heterocycles. The Hall–Kier alpha value is -1.15. The Morgan fingerprint density at radius 3 is 2.12 bits per heavy atom. The Bertz CT molecular complexity index is 604. The molecular formula is C22H28BrF. The smallest absolute Gasteiger partial charge is 0.126 e. The van der Waals surface area contributed by atoms with Gasteiger partial charge in [-0.1, -0.05) is 79.2 Å². The van der Waals surface area contributed by atoms with Crippen LogP contribution in [-0.2, 0) is 19.3 Å². The molecule has 0 saturated carbocycles. The molecule has 0 unspecified atom stereocenters. The van der Waals surface area contributed by atoms with Crippen LogP contribution < -0.4 is 0 Å². The Kier molecular flexibility index (Phi) is 8.52. The maximum Gasteiger partial charge on any atom is 0.126 e. The summed E-state index contributed by atoms with van der Waals surface area (Å²) < 4.78 is 15.4. The van der Waals surface area contributed by atoms with E-state index in [0.717, 1.165) is 34.9 Å². The summed E-state index contributed by atoms with van der Waals surface area (Å²) in [4.78, 5) is 0. The van der Waals surface area contributed by atoms with Gasteiger partial charge in [-0.25, -0.2) is 4.39 Å². The molecule has 0 nitrogen and oxygen atoms in total. The summed E-state index contributed by atoms with van der Waals surface area (Å²) in [7, 11) is 0. The second kappa shape index (κ2) is 10.7. The summed E-state index contributed by atoms with van der Waals surface area (Å²) in [5, 5.41) is 0. The lowest BCUT2D eigenvalue weighted by molar-refractivity contribution is 0.595. The summed E-state index contributed by atoms with van der Waals surface area (Å²) >= 11 is 3.44. The van der Waals surface area contributed by atoms with Gasteiger partial charge in [0.05, 0.1) is 0 Å². The minimum atomic E-state index is -0.0457. The van der Waals surface area contributed by atoms with Crippen LogP contribution in [0.25, 0.3) is 0 Å². The number of rotatable bonds is 10. The Morgan fingerprint density at radius 2 is 1.42 bits per heavy atom. The van der Waals surface area contributed by atoms with Crippen LogP contribution >= 0.6 is 15.9 Å². The molecule has 0 aliphatic heterocycles. The average Bonchev–Trinajstić information content (AvgIpc) is 2.59. The van der Waals surface area contributed by atoms with Gasteiger partial charge >= 0.3 is 0 Å². The first-order valence-electron chi connectivity index (χ1n) is 9.21. The summed E-state index contributed by atoms with van der Waals surface area (Å²) in [6.07, 6.45) is 10.3. The van der Waals surface area contributed by atoms with E-state index in [1.54, 1.807) is 6.07 Å². The van der Waals surface area contributed by atoms with Crippen LogP contribution in [0.2, 0.25) is 0 Å². The quantitative estimate of drug-likeness (QED) is 0.374. The fraction of sp³-hybridized carbons (Fsp3) is 0.455. The molecule has 24 heavy (non-hydrogen) atoms. The summed E-state index contributed by atoms with van der Waals surface area (Å²) in [5.41, 5.74) is 3.20. The predicted molar refractivity (Wildman–Crippen MR) is 105 cm³/mol. The van der Waals surface area contributed by atoms with E-state index >= 15 is 0 Å². The molecule has 2 aromatic rings. The van der Waals surface area contributed by atoms with Crippen LogP contribution in [0.3, 0.4) is 0 Å². The highest BCUT2D eigenvalue weighted by molar-refractivity contribution is 9.10. The fourth-order valence-corrected chi connectivity index (χ4v) is 3.25. The summed E-state index contributed by atoms with van der Waals surface area (Å²) in [5.74, 6) is -0.0457. The van der Waals surface area contributed by atoms with E-state index in [2.05, 4.69) is 41.1 Å². The molecule has 0 radical (unpaired) electrons. The minimum Gasteiger partial charge on any atom is -0.207 e. The monoisotopic (exact) mass is 390 g/mol. The highest BCUT2D eigenvalue weighted by Crippen LogP contribution is 2.17. The molecule has 130 valence electrons. The molecule has 2 rings (SSSR count). The van der Waals surface area contributed by atoms with Gasteiger partial charge in [0.2, 0.25) is 0 Å². The van der Waals surface area contributed by atoms with Crippen molar-refractivity contribution in [3.05, 3.63) is 69.4 Å². The molecule has 0 amide bonds. The molecule has 0 aromatic heterocycles. The Balaban J connectivity index is 1.77. The van der Waals surface area contributed by atoms with Crippen molar-refractivity contribution < 1.29 is 4.39 Å². The molecule has 0 aliphatic carbocycles. The van der Waals surface area contributed by atoms with E-state index in [4.69, 9.17) is 0 Å². The molecule has 0 spiro atoms. The van der Waals surface area contributed by atoms with Crippen LogP contribution in [-0.4, -0.2) is 0 Å². The molecule has 2 aromatic carbocycles. The zero-order valence-corrected chi connectivity index (χ0v) is 16.2. The lowest BCUT2D eigenvalue weighted by atomic mass is 10.00. The second-order valence-electron chi connectivity index (χ2n) is 6.57. The third kappa shape index (κ3) is 6.76. The fourth-order valence-electron chi connectivity index (χ4n) is 2.99. The zero-order valence-electron chi connectivity index (χ0n) is 14.7. The van der Waals surface area contributed by atoms with E-state index in [1.165, 1.54) is 44.1 Å². The number of benzene rings is 2. The maximum atomic E-state index is 14.3. The number of unbranched alkanes of at least 4 members (excludes halogenated alkanes) is 5. The van der Waals surface area contributed by atoms with Gasteiger partial charge < -0.3 is 0 Å². The SMILES string of the molecule is CCCCCCCCc1ccc(CCc2ccc(Br)cc2)c(F)c1. The molecule has 0 N–H and O–H groups in total. The molecule has 0 bridgehead atoms. The summed E-state index contributed by atoms with van der Waals surface area (Å²) in [6, 6.07) is 14.1. The molecule has 0 fully saturated rings. The number of hydrogen-bond donors (Lipinski definition) is 0. The van der Waals surface area contributed by atoms with Crippen molar-refractivity contribution in [3.63, 3.8) is 0 Å². The van der Waals surface area contributed by atoms with Gasteiger partial charge in [0.25, 0.3) is 0 Å². The van der Waals surface area contributed by atoms with E-state index in [-0.39, 0.29) is 5.82 Å². The predicted octanol–water partition coefficient (Wildman–Crippen LogP) is 7.28. The van der Waals surface area contributed by atoms with Gasteiger partial charge in [-0.2, -0.15) is 0 Å². The van der Waals surface area contributed by atoms with Gasteiger partial charge in [-0.3, -0.25) is 0 Å². The lowest BCUT2D eigenvalue weighted by Crippen LogP contribution is -1.97. The first-order chi connectivity index (χ1) is 11.7. The topological polar surface area (TPSA) is 0 Å². The van der Waals surface area contributed by atoms with Gasteiger partial charge in [0, 0.05) is 4.47 Å². The molecule has 0 saturated heterocycles. The third-order valence-corrected chi connectivity index (χ3v) is 5.06. The zero-order chi connectivity index (χ0) is 17.2.